The van der Waals surface area contributed by atoms with Gasteiger partial charge in [-0.05, 0) is 52.4 Å². The molecule has 7 nitrogen and oxygen atoms in total. The molecule has 0 aliphatic carbocycles. The summed E-state index contributed by atoms with van der Waals surface area (Å²) in [6.45, 7) is 0. The van der Waals surface area contributed by atoms with Gasteiger partial charge in [0, 0.05) is 34.3 Å². The molecule has 0 spiro atoms. The van der Waals surface area contributed by atoms with Crippen molar-refractivity contribution in [1.82, 2.24) is 24.3 Å². The Hall–Kier alpha value is -7.39. The van der Waals surface area contributed by atoms with Crippen LogP contribution in [0.4, 0.5) is 0 Å². The molecule has 10 aromatic rings. The summed E-state index contributed by atoms with van der Waals surface area (Å²) >= 11 is 0. The number of ether oxygens (including phenoxy) is 1. The van der Waals surface area contributed by atoms with Crippen molar-refractivity contribution in [2.75, 3.05) is 0 Å². The van der Waals surface area contributed by atoms with Crippen LogP contribution in [0.15, 0.2) is 182 Å². The van der Waals surface area contributed by atoms with Crippen molar-refractivity contribution in [2.24, 2.45) is 0 Å². The minimum absolute atomic E-state index is 0. The first-order valence-corrected chi connectivity index (χ1v) is 18.5. The fourth-order valence-corrected chi connectivity index (χ4v) is 7.50. The quantitative estimate of drug-likeness (QED) is 0.142. The van der Waals surface area contributed by atoms with Gasteiger partial charge < -0.3 is 13.9 Å². The van der Waals surface area contributed by atoms with E-state index in [1.165, 1.54) is 0 Å². The average Bonchev–Trinajstić information content (AvgIpc) is 3.90. The van der Waals surface area contributed by atoms with Gasteiger partial charge in [-0.25, -0.2) is 4.98 Å². The summed E-state index contributed by atoms with van der Waals surface area (Å²) in [5.41, 5.74) is 10.1. The van der Waals surface area contributed by atoms with Gasteiger partial charge in [-0.2, -0.15) is 16.4 Å². The number of aromatic nitrogens is 5. The van der Waals surface area contributed by atoms with Crippen molar-refractivity contribution in [2.45, 2.75) is 0 Å². The predicted octanol–water partition coefficient (Wildman–Crippen LogP) is 11.7. The number of nitriles is 1. The van der Waals surface area contributed by atoms with Crippen molar-refractivity contribution in [3.63, 3.8) is 0 Å². The number of para-hydroxylation sites is 1. The molecule has 0 saturated carbocycles. The maximum Gasteiger partial charge on any atom is 2.00 e. The van der Waals surface area contributed by atoms with Crippen LogP contribution >= 0.6 is 0 Å². The molecule has 276 valence electrons. The maximum atomic E-state index is 9.70. The number of hydrogen-bond acceptors (Lipinski definition) is 5. The Bertz CT molecular complexity index is 3040. The average molecular weight is 926 g/mol. The fourth-order valence-electron chi connectivity index (χ4n) is 7.50. The molecule has 0 amide bonds. The second kappa shape index (κ2) is 15.6. The standard InChI is InChI=1S/C50H30N6O.Pt/c51-32-34-22-25-46-45(27-34)44-24-23-40(31-47(44)56(46)48-21-10-11-26-52-48)57-41-29-38(35-13-4-1-5-14-35)28-39(30-41)50-54-53-33-55(50)49-42(36-15-6-2-7-16-36)19-12-20-43(49)37-17-8-3-9-18-37;/h1-29,33H;/q-2;+2. The summed E-state index contributed by atoms with van der Waals surface area (Å²) in [6.07, 6.45) is 3.53. The van der Waals surface area contributed by atoms with E-state index in [2.05, 4.69) is 113 Å². The van der Waals surface area contributed by atoms with E-state index in [0.29, 0.717) is 28.5 Å². The number of benzene rings is 7. The minimum atomic E-state index is 0. The van der Waals surface area contributed by atoms with Gasteiger partial charge in [-0.15, -0.1) is 34.2 Å². The molecule has 3 heterocycles. The number of nitrogens with zero attached hydrogens (tertiary/aromatic N) is 6. The van der Waals surface area contributed by atoms with Gasteiger partial charge in [0.15, 0.2) is 0 Å². The molecule has 0 atom stereocenters. The molecule has 58 heavy (non-hydrogen) atoms. The maximum absolute atomic E-state index is 9.70. The first-order chi connectivity index (χ1) is 28.2. The van der Waals surface area contributed by atoms with Gasteiger partial charge >= 0.3 is 21.1 Å². The van der Waals surface area contributed by atoms with Crippen LogP contribution in [-0.2, 0) is 21.1 Å². The molecule has 7 aromatic carbocycles. The molecule has 0 radical (unpaired) electrons. The molecule has 0 aliphatic rings. The SMILES string of the molecule is N#Cc1ccc2c(c1)c1ccc(Oc3[c-]c(-c4nncn4-c4c(-c5ccccc5)cccc4-c4ccccc4)cc(-c4ccccc4)c3)[c-]c1n2-c1ccccn1.[Pt+2]. The Kier molecular flexibility index (Phi) is 9.77. The molecule has 0 N–H and O–H groups in total. The van der Waals surface area contributed by atoms with Crippen LogP contribution < -0.4 is 4.74 Å². The van der Waals surface area contributed by atoms with Crippen molar-refractivity contribution in [1.29, 1.82) is 5.26 Å². The van der Waals surface area contributed by atoms with E-state index in [0.717, 1.165) is 66.7 Å². The Balaban J connectivity index is 0.00000436. The second-order valence-electron chi connectivity index (χ2n) is 13.5. The molecule has 0 saturated heterocycles. The smallest absolute Gasteiger partial charge is 0.503 e. The normalized spacial score (nSPS) is 10.9. The number of rotatable bonds is 8. The Morgan fingerprint density at radius 3 is 1.95 bits per heavy atom. The molecular weight excluding hydrogens is 896 g/mol. The van der Waals surface area contributed by atoms with Gasteiger partial charge in [-0.1, -0.05) is 138 Å². The van der Waals surface area contributed by atoms with Gasteiger partial charge in [0.05, 0.1) is 23.1 Å². The van der Waals surface area contributed by atoms with E-state index in [1.54, 1.807) is 12.5 Å². The van der Waals surface area contributed by atoms with Gasteiger partial charge in [0.1, 0.15) is 12.1 Å². The Morgan fingerprint density at radius 2 is 1.28 bits per heavy atom. The van der Waals surface area contributed by atoms with Gasteiger partial charge in [-0.3, -0.25) is 0 Å². The zero-order valence-corrected chi connectivity index (χ0v) is 33.0. The Morgan fingerprint density at radius 1 is 0.586 bits per heavy atom. The third-order valence-corrected chi connectivity index (χ3v) is 10.1. The van der Waals surface area contributed by atoms with E-state index in [-0.39, 0.29) is 21.1 Å². The predicted molar refractivity (Wildman–Crippen MR) is 224 cm³/mol. The number of fused-ring (bicyclic) bond motifs is 3. The monoisotopic (exact) mass is 925 g/mol. The molecule has 3 aromatic heterocycles. The van der Waals surface area contributed by atoms with Crippen LogP contribution in [0.5, 0.6) is 11.5 Å². The van der Waals surface area contributed by atoms with Crippen LogP contribution in [0.2, 0.25) is 0 Å². The zero-order chi connectivity index (χ0) is 38.1. The van der Waals surface area contributed by atoms with E-state index in [4.69, 9.17) is 9.84 Å². The summed E-state index contributed by atoms with van der Waals surface area (Å²) in [5.74, 6) is 2.34. The van der Waals surface area contributed by atoms with Crippen molar-refractivity contribution in [3.05, 3.63) is 200 Å². The fraction of sp³-hybridized carbons (Fsp3) is 0. The van der Waals surface area contributed by atoms with E-state index in [9.17, 15) is 5.26 Å². The van der Waals surface area contributed by atoms with Crippen LogP contribution in [0.3, 0.4) is 0 Å². The molecular formula is C50H30N6OPt. The topological polar surface area (TPSA) is 81.5 Å². The van der Waals surface area contributed by atoms with Crippen molar-refractivity contribution in [3.8, 4) is 73.8 Å². The van der Waals surface area contributed by atoms with Gasteiger partial charge in [0.2, 0.25) is 0 Å². The third-order valence-electron chi connectivity index (χ3n) is 10.1. The molecule has 0 bridgehead atoms. The molecule has 0 unspecified atom stereocenters. The van der Waals surface area contributed by atoms with Crippen molar-refractivity contribution >= 4 is 21.8 Å². The summed E-state index contributed by atoms with van der Waals surface area (Å²) < 4.78 is 10.8. The second-order valence-corrected chi connectivity index (χ2v) is 13.5. The zero-order valence-electron chi connectivity index (χ0n) is 30.7. The summed E-state index contributed by atoms with van der Waals surface area (Å²) in [5, 5.41) is 20.8. The van der Waals surface area contributed by atoms with Crippen molar-refractivity contribution < 1.29 is 25.8 Å². The summed E-state index contributed by atoms with van der Waals surface area (Å²) in [6, 6.07) is 66.1. The first kappa shape index (κ1) is 36.3. The van der Waals surface area contributed by atoms with E-state index in [1.807, 2.05) is 94.1 Å². The largest absolute Gasteiger partial charge is 2.00 e. The van der Waals surface area contributed by atoms with Gasteiger partial charge in [0.25, 0.3) is 0 Å². The van der Waals surface area contributed by atoms with Crippen LogP contribution in [-0.4, -0.2) is 24.3 Å². The van der Waals surface area contributed by atoms with Crippen LogP contribution in [0.25, 0.3) is 78.1 Å². The van der Waals surface area contributed by atoms with Crippen LogP contribution in [0, 0.1) is 23.5 Å². The number of pyridine rings is 1. The first-order valence-electron chi connectivity index (χ1n) is 18.5. The van der Waals surface area contributed by atoms with E-state index < -0.39 is 0 Å². The minimum Gasteiger partial charge on any atom is -0.503 e. The molecule has 0 fully saturated rings. The van der Waals surface area contributed by atoms with Crippen LogP contribution in [0.1, 0.15) is 5.56 Å². The number of hydrogen-bond donors (Lipinski definition) is 0. The molecule has 0 aliphatic heterocycles. The van der Waals surface area contributed by atoms with E-state index >= 15 is 0 Å². The molecule has 10 rings (SSSR count). The molecule has 8 heteroatoms. The summed E-state index contributed by atoms with van der Waals surface area (Å²) in [4.78, 5) is 4.66. The summed E-state index contributed by atoms with van der Waals surface area (Å²) in [7, 11) is 0. The Labute approximate surface area is 349 Å². The third kappa shape index (κ3) is 6.66.